The van der Waals surface area contributed by atoms with Gasteiger partial charge in [0.2, 0.25) is 0 Å². The predicted molar refractivity (Wildman–Crippen MR) is 104 cm³/mol. The molecule has 25 heavy (non-hydrogen) atoms. The van der Waals surface area contributed by atoms with Crippen molar-refractivity contribution in [2.24, 2.45) is 0 Å². The van der Waals surface area contributed by atoms with Crippen LogP contribution >= 0.6 is 22.9 Å². The second kappa shape index (κ2) is 8.19. The van der Waals surface area contributed by atoms with Gasteiger partial charge < -0.3 is 4.74 Å². The average molecular weight is 377 g/mol. The Morgan fingerprint density at radius 2 is 1.68 bits per heavy atom. The van der Waals surface area contributed by atoms with Crippen molar-refractivity contribution in [3.8, 4) is 0 Å². The van der Waals surface area contributed by atoms with Crippen LogP contribution in [0.25, 0.3) is 0 Å². The third kappa shape index (κ3) is 4.63. The Kier molecular flexibility index (Phi) is 5.73. The molecule has 0 spiro atoms. The van der Waals surface area contributed by atoms with Crippen molar-refractivity contribution in [1.82, 2.24) is 9.80 Å². The van der Waals surface area contributed by atoms with E-state index in [-0.39, 0.29) is 0 Å². The fourth-order valence-corrected chi connectivity index (χ4v) is 4.89. The number of halogens is 1. The Hall–Kier alpha value is -0.910. The molecule has 4 rings (SSSR count). The highest BCUT2D eigenvalue weighted by Crippen LogP contribution is 2.33. The highest BCUT2D eigenvalue weighted by molar-refractivity contribution is 7.12. The summed E-state index contributed by atoms with van der Waals surface area (Å²) < 4.78 is 5.80. The van der Waals surface area contributed by atoms with Crippen LogP contribution in [-0.2, 0) is 17.8 Å². The first kappa shape index (κ1) is 17.5. The molecule has 134 valence electrons. The summed E-state index contributed by atoms with van der Waals surface area (Å²) in [6.07, 6.45) is 2.74. The van der Waals surface area contributed by atoms with Gasteiger partial charge >= 0.3 is 0 Å². The molecule has 0 bridgehead atoms. The summed E-state index contributed by atoms with van der Waals surface area (Å²) in [4.78, 5) is 7.99. The summed E-state index contributed by atoms with van der Waals surface area (Å²) >= 11 is 7.90. The highest BCUT2D eigenvalue weighted by atomic mass is 35.5. The van der Waals surface area contributed by atoms with E-state index in [1.54, 1.807) is 0 Å². The summed E-state index contributed by atoms with van der Waals surface area (Å²) in [5, 5.41) is 0.812. The second-order valence-electron chi connectivity index (χ2n) is 6.98. The largest absolute Gasteiger partial charge is 0.373 e. The maximum Gasteiger partial charge on any atom is 0.0917 e. The van der Waals surface area contributed by atoms with Crippen LogP contribution in [0.15, 0.2) is 36.4 Å². The van der Waals surface area contributed by atoms with Crippen LogP contribution < -0.4 is 0 Å². The Labute approximate surface area is 159 Å². The van der Waals surface area contributed by atoms with Crippen LogP contribution in [-0.4, -0.2) is 42.6 Å². The van der Waals surface area contributed by atoms with Crippen LogP contribution in [0.3, 0.4) is 0 Å². The van der Waals surface area contributed by atoms with Crippen molar-refractivity contribution in [1.29, 1.82) is 0 Å². The van der Waals surface area contributed by atoms with Gasteiger partial charge in [0.1, 0.15) is 0 Å². The maximum atomic E-state index is 5.97. The standard InChI is InChI=1S/C20H25ClN2OS/c21-17-5-3-16(4-6-17)14-22-9-11-23(12-10-22)15-18-7-8-20(25-18)19-2-1-13-24-19/h3-8,19H,1-2,9-15H2. The third-order valence-corrected chi connectivity index (χ3v) is 6.51. The van der Waals surface area contributed by atoms with Crippen molar-refractivity contribution in [2.75, 3.05) is 32.8 Å². The van der Waals surface area contributed by atoms with Gasteiger partial charge in [0.05, 0.1) is 6.10 Å². The van der Waals surface area contributed by atoms with E-state index in [4.69, 9.17) is 16.3 Å². The lowest BCUT2D eigenvalue weighted by Gasteiger charge is -2.34. The minimum Gasteiger partial charge on any atom is -0.373 e. The summed E-state index contributed by atoms with van der Waals surface area (Å²) in [6.45, 7) is 7.56. The van der Waals surface area contributed by atoms with Crippen molar-refractivity contribution in [2.45, 2.75) is 32.0 Å². The van der Waals surface area contributed by atoms with Crippen LogP contribution in [0, 0.1) is 0 Å². The molecule has 0 radical (unpaired) electrons. The van der Waals surface area contributed by atoms with Gasteiger partial charge in [0.25, 0.3) is 0 Å². The fourth-order valence-electron chi connectivity index (χ4n) is 3.63. The summed E-state index contributed by atoms with van der Waals surface area (Å²) in [6, 6.07) is 12.8. The molecule has 2 fully saturated rings. The summed E-state index contributed by atoms with van der Waals surface area (Å²) in [5.74, 6) is 0. The smallest absolute Gasteiger partial charge is 0.0917 e. The molecule has 5 heteroatoms. The Balaban J connectivity index is 1.25. The van der Waals surface area contributed by atoms with Gasteiger partial charge in [-0.05, 0) is 42.7 Å². The molecule has 1 unspecified atom stereocenters. The van der Waals surface area contributed by atoms with Gasteiger partial charge in [-0.25, -0.2) is 0 Å². The summed E-state index contributed by atoms with van der Waals surface area (Å²) in [7, 11) is 0. The number of nitrogens with zero attached hydrogens (tertiary/aromatic N) is 2. The topological polar surface area (TPSA) is 15.7 Å². The van der Waals surface area contributed by atoms with E-state index in [2.05, 4.69) is 34.1 Å². The first-order chi connectivity index (χ1) is 12.3. The van der Waals surface area contributed by atoms with E-state index in [9.17, 15) is 0 Å². The summed E-state index contributed by atoms with van der Waals surface area (Å²) in [5.41, 5.74) is 1.34. The minimum atomic E-state index is 0.356. The lowest BCUT2D eigenvalue weighted by Crippen LogP contribution is -2.45. The minimum absolute atomic E-state index is 0.356. The molecule has 3 nitrogen and oxygen atoms in total. The lowest BCUT2D eigenvalue weighted by molar-refractivity contribution is 0.114. The van der Waals surface area contributed by atoms with Crippen molar-refractivity contribution in [3.05, 3.63) is 56.7 Å². The quantitative estimate of drug-likeness (QED) is 0.760. The van der Waals surface area contributed by atoms with Crippen LogP contribution in [0.1, 0.15) is 34.3 Å². The van der Waals surface area contributed by atoms with Gasteiger partial charge in [0.15, 0.2) is 0 Å². The molecular weight excluding hydrogens is 352 g/mol. The monoisotopic (exact) mass is 376 g/mol. The predicted octanol–water partition coefficient (Wildman–Crippen LogP) is 4.57. The molecular formula is C20H25ClN2OS. The maximum absolute atomic E-state index is 5.97. The highest BCUT2D eigenvalue weighted by Gasteiger charge is 2.21. The molecule has 2 aliphatic rings. The molecule has 0 amide bonds. The zero-order valence-electron chi connectivity index (χ0n) is 14.5. The van der Waals surface area contributed by atoms with E-state index in [1.807, 2.05) is 23.5 Å². The average Bonchev–Trinajstić information content (AvgIpc) is 3.30. The molecule has 1 atom stereocenters. The Morgan fingerprint density at radius 1 is 0.960 bits per heavy atom. The van der Waals surface area contributed by atoms with E-state index in [0.717, 1.165) is 50.9 Å². The molecule has 2 saturated heterocycles. The van der Waals surface area contributed by atoms with Crippen LogP contribution in [0.2, 0.25) is 5.02 Å². The Morgan fingerprint density at radius 3 is 2.36 bits per heavy atom. The van der Waals surface area contributed by atoms with Crippen molar-refractivity contribution < 1.29 is 4.74 Å². The van der Waals surface area contributed by atoms with Gasteiger partial charge in [-0.15, -0.1) is 11.3 Å². The van der Waals surface area contributed by atoms with E-state index in [0.29, 0.717) is 6.10 Å². The number of piperazine rings is 1. The zero-order valence-corrected chi connectivity index (χ0v) is 16.1. The molecule has 0 saturated carbocycles. The molecule has 1 aromatic carbocycles. The number of benzene rings is 1. The van der Waals surface area contributed by atoms with Gasteiger partial charge in [-0.2, -0.15) is 0 Å². The van der Waals surface area contributed by atoms with Crippen molar-refractivity contribution >= 4 is 22.9 Å². The molecule has 3 heterocycles. The number of ether oxygens (including phenoxy) is 1. The third-order valence-electron chi connectivity index (χ3n) is 5.09. The lowest BCUT2D eigenvalue weighted by atomic mass is 10.2. The van der Waals surface area contributed by atoms with Crippen LogP contribution in [0.5, 0.6) is 0 Å². The molecule has 2 aromatic rings. The van der Waals surface area contributed by atoms with Gasteiger partial charge in [0, 0.05) is 60.7 Å². The first-order valence-electron chi connectivity index (χ1n) is 9.16. The number of thiophene rings is 1. The number of hydrogen-bond acceptors (Lipinski definition) is 4. The number of rotatable bonds is 5. The first-order valence-corrected chi connectivity index (χ1v) is 10.3. The molecule has 2 aliphatic heterocycles. The SMILES string of the molecule is Clc1ccc(CN2CCN(Cc3ccc(C4CCCO4)s3)CC2)cc1. The van der Waals surface area contributed by atoms with Gasteiger partial charge in [-0.1, -0.05) is 23.7 Å². The second-order valence-corrected chi connectivity index (χ2v) is 8.62. The van der Waals surface area contributed by atoms with E-state index < -0.39 is 0 Å². The van der Waals surface area contributed by atoms with Crippen LogP contribution in [0.4, 0.5) is 0 Å². The molecule has 0 N–H and O–H groups in total. The normalized spacial score (nSPS) is 22.5. The molecule has 1 aromatic heterocycles. The number of hydrogen-bond donors (Lipinski definition) is 0. The zero-order chi connectivity index (χ0) is 17.1. The Bertz CT molecular complexity index is 673. The molecule has 0 aliphatic carbocycles. The van der Waals surface area contributed by atoms with E-state index in [1.165, 1.54) is 28.2 Å². The van der Waals surface area contributed by atoms with Gasteiger partial charge in [-0.3, -0.25) is 9.80 Å². The fraction of sp³-hybridized carbons (Fsp3) is 0.500. The van der Waals surface area contributed by atoms with Crippen molar-refractivity contribution in [3.63, 3.8) is 0 Å². The van der Waals surface area contributed by atoms with E-state index >= 15 is 0 Å².